The van der Waals surface area contributed by atoms with Crippen LogP contribution in [0.15, 0.2) is 36.0 Å². The largest absolute Gasteiger partial charge is 0.0991 e. The van der Waals surface area contributed by atoms with Crippen molar-refractivity contribution in [3.05, 3.63) is 36.0 Å². The molecule has 0 aliphatic heterocycles. The molecule has 0 radical (unpaired) electrons. The minimum absolute atomic E-state index is 0.781. The van der Waals surface area contributed by atoms with Crippen LogP contribution in [0.3, 0.4) is 0 Å². The van der Waals surface area contributed by atoms with Gasteiger partial charge in [0.15, 0.2) is 0 Å². The minimum atomic E-state index is 0.781. The van der Waals surface area contributed by atoms with Crippen LogP contribution in [0, 0.1) is 5.92 Å². The Kier molecular flexibility index (Phi) is 3.33. The smallest absolute Gasteiger partial charge is 0.0228 e. The van der Waals surface area contributed by atoms with Gasteiger partial charge in [0, 0.05) is 0 Å². The lowest BCUT2D eigenvalue weighted by Gasteiger charge is -2.21. The second-order valence-electron chi connectivity index (χ2n) is 3.60. The monoisotopic (exact) mass is 162 g/mol. The summed E-state index contributed by atoms with van der Waals surface area (Å²) in [6.45, 7) is 8.25. The van der Waals surface area contributed by atoms with Crippen molar-refractivity contribution in [3.8, 4) is 0 Å². The average Bonchev–Trinajstić information content (AvgIpc) is 2.08. The topological polar surface area (TPSA) is 0 Å². The van der Waals surface area contributed by atoms with Crippen molar-refractivity contribution >= 4 is 0 Å². The zero-order valence-corrected chi connectivity index (χ0v) is 8.14. The van der Waals surface area contributed by atoms with Crippen LogP contribution < -0.4 is 0 Å². The number of hydrogen-bond acceptors (Lipinski definition) is 0. The highest BCUT2D eigenvalue weighted by Crippen LogP contribution is 2.29. The maximum Gasteiger partial charge on any atom is -0.0228 e. The van der Waals surface area contributed by atoms with Crippen molar-refractivity contribution < 1.29 is 0 Å². The lowest BCUT2D eigenvalue weighted by molar-refractivity contribution is 0.541. The molecule has 1 aliphatic rings. The maximum absolute atomic E-state index is 3.68. The molecule has 0 spiro atoms. The summed E-state index contributed by atoms with van der Waals surface area (Å²) in [5, 5.41) is 0. The number of hydrogen-bond donors (Lipinski definition) is 0. The fourth-order valence-electron chi connectivity index (χ4n) is 1.73. The zero-order valence-electron chi connectivity index (χ0n) is 8.14. The predicted octanol–water partition coefficient (Wildman–Crippen LogP) is 3.87. The number of allylic oxidation sites excluding steroid dienone is 5. The molecule has 0 bridgehead atoms. The summed E-state index contributed by atoms with van der Waals surface area (Å²) in [6.07, 6.45) is 10.0. The van der Waals surface area contributed by atoms with E-state index < -0.39 is 0 Å². The summed E-state index contributed by atoms with van der Waals surface area (Å²) in [7, 11) is 0. The van der Waals surface area contributed by atoms with E-state index in [1.807, 2.05) is 12.2 Å². The van der Waals surface area contributed by atoms with Gasteiger partial charge < -0.3 is 0 Å². The summed E-state index contributed by atoms with van der Waals surface area (Å²) >= 11 is 0. The Morgan fingerprint density at radius 2 is 2.25 bits per heavy atom. The zero-order chi connectivity index (χ0) is 8.97. The van der Waals surface area contributed by atoms with Crippen LogP contribution in [0.2, 0.25) is 0 Å². The third-order valence-corrected chi connectivity index (χ3v) is 2.76. The van der Waals surface area contributed by atoms with Gasteiger partial charge in [0.2, 0.25) is 0 Å². The van der Waals surface area contributed by atoms with E-state index >= 15 is 0 Å². The fourth-order valence-corrected chi connectivity index (χ4v) is 1.73. The van der Waals surface area contributed by atoms with Crippen LogP contribution in [0.25, 0.3) is 0 Å². The predicted molar refractivity (Wildman–Crippen MR) is 55.1 cm³/mol. The second kappa shape index (κ2) is 4.30. The highest BCUT2D eigenvalue weighted by molar-refractivity contribution is 5.29. The molecular weight excluding hydrogens is 144 g/mol. The Morgan fingerprint density at radius 3 is 2.92 bits per heavy atom. The fraction of sp³-hybridized carbons (Fsp3) is 0.500. The number of rotatable bonds is 2. The SMILES string of the molecule is C=C/C=C\C1=C(C)C(C)CCC1. The summed E-state index contributed by atoms with van der Waals surface area (Å²) in [6, 6.07) is 0. The van der Waals surface area contributed by atoms with E-state index in [0.717, 1.165) is 5.92 Å². The van der Waals surface area contributed by atoms with Crippen LogP contribution in [0.5, 0.6) is 0 Å². The first-order chi connectivity index (χ1) is 5.75. The molecule has 0 saturated heterocycles. The molecule has 1 atom stereocenters. The summed E-state index contributed by atoms with van der Waals surface area (Å²) in [5.74, 6) is 0.781. The van der Waals surface area contributed by atoms with E-state index in [0.29, 0.717) is 0 Å². The average molecular weight is 162 g/mol. The lowest BCUT2D eigenvalue weighted by Crippen LogP contribution is -2.05. The van der Waals surface area contributed by atoms with Crippen molar-refractivity contribution in [1.82, 2.24) is 0 Å². The van der Waals surface area contributed by atoms with E-state index in [1.54, 1.807) is 5.57 Å². The second-order valence-corrected chi connectivity index (χ2v) is 3.60. The summed E-state index contributed by atoms with van der Waals surface area (Å²) < 4.78 is 0. The molecule has 12 heavy (non-hydrogen) atoms. The van der Waals surface area contributed by atoms with Gasteiger partial charge in [0.1, 0.15) is 0 Å². The quantitative estimate of drug-likeness (QED) is 0.541. The van der Waals surface area contributed by atoms with Crippen LogP contribution in [0.4, 0.5) is 0 Å². The van der Waals surface area contributed by atoms with Gasteiger partial charge in [-0.2, -0.15) is 0 Å². The van der Waals surface area contributed by atoms with Gasteiger partial charge in [-0.15, -0.1) is 0 Å². The Morgan fingerprint density at radius 1 is 1.50 bits per heavy atom. The normalized spacial score (nSPS) is 25.0. The standard InChI is InChI=1S/C12H18/c1-4-5-8-12-9-6-7-10(2)11(12)3/h4-5,8,10H,1,6-7,9H2,2-3H3/b8-5-. The highest BCUT2D eigenvalue weighted by atomic mass is 14.2. The van der Waals surface area contributed by atoms with Gasteiger partial charge >= 0.3 is 0 Å². The minimum Gasteiger partial charge on any atom is -0.0991 e. The Labute approximate surface area is 75.7 Å². The van der Waals surface area contributed by atoms with Crippen LogP contribution in [0.1, 0.15) is 33.1 Å². The van der Waals surface area contributed by atoms with E-state index in [-0.39, 0.29) is 0 Å². The molecule has 1 rings (SSSR count). The molecule has 0 aromatic rings. The lowest BCUT2D eigenvalue weighted by atomic mass is 9.85. The van der Waals surface area contributed by atoms with E-state index in [9.17, 15) is 0 Å². The molecule has 1 aliphatic carbocycles. The molecule has 1 unspecified atom stereocenters. The van der Waals surface area contributed by atoms with Crippen molar-refractivity contribution in [2.24, 2.45) is 5.92 Å². The maximum atomic E-state index is 3.68. The van der Waals surface area contributed by atoms with Gasteiger partial charge in [0.05, 0.1) is 0 Å². The Hall–Kier alpha value is -0.780. The molecule has 66 valence electrons. The van der Waals surface area contributed by atoms with Gasteiger partial charge in [-0.1, -0.05) is 37.3 Å². The molecule has 0 heterocycles. The Bertz CT molecular complexity index is 218. The van der Waals surface area contributed by atoms with Crippen LogP contribution in [-0.2, 0) is 0 Å². The van der Waals surface area contributed by atoms with Crippen LogP contribution >= 0.6 is 0 Å². The molecule has 0 nitrogen and oxygen atoms in total. The first kappa shape index (κ1) is 9.31. The van der Waals surface area contributed by atoms with Crippen molar-refractivity contribution in [3.63, 3.8) is 0 Å². The Balaban J connectivity index is 2.77. The highest BCUT2D eigenvalue weighted by Gasteiger charge is 2.13. The van der Waals surface area contributed by atoms with Crippen molar-refractivity contribution in [2.45, 2.75) is 33.1 Å². The molecule has 0 fully saturated rings. The van der Waals surface area contributed by atoms with Gasteiger partial charge in [0.25, 0.3) is 0 Å². The molecule has 0 N–H and O–H groups in total. The summed E-state index contributed by atoms with van der Waals surface area (Å²) in [5.41, 5.74) is 3.09. The third-order valence-electron chi connectivity index (χ3n) is 2.76. The third kappa shape index (κ3) is 2.10. The summed E-state index contributed by atoms with van der Waals surface area (Å²) in [4.78, 5) is 0. The van der Waals surface area contributed by atoms with Gasteiger partial charge in [-0.3, -0.25) is 0 Å². The first-order valence-corrected chi connectivity index (χ1v) is 4.74. The first-order valence-electron chi connectivity index (χ1n) is 4.74. The van der Waals surface area contributed by atoms with E-state index in [1.165, 1.54) is 24.8 Å². The van der Waals surface area contributed by atoms with E-state index in [2.05, 4.69) is 26.5 Å². The van der Waals surface area contributed by atoms with Gasteiger partial charge in [-0.05, 0) is 37.7 Å². The molecular formula is C12H18. The molecule has 0 saturated carbocycles. The molecule has 0 heteroatoms. The van der Waals surface area contributed by atoms with Gasteiger partial charge in [-0.25, -0.2) is 0 Å². The van der Waals surface area contributed by atoms with E-state index in [4.69, 9.17) is 0 Å². The van der Waals surface area contributed by atoms with Crippen molar-refractivity contribution in [1.29, 1.82) is 0 Å². The molecule has 0 aromatic carbocycles. The molecule has 0 amide bonds. The van der Waals surface area contributed by atoms with Crippen LogP contribution in [-0.4, -0.2) is 0 Å². The van der Waals surface area contributed by atoms with Crippen molar-refractivity contribution in [2.75, 3.05) is 0 Å². The molecule has 0 aromatic heterocycles.